The number of thioether (sulfide) groups is 1. The number of carboxylic acid groups (broad SMARTS) is 1. The summed E-state index contributed by atoms with van der Waals surface area (Å²) < 4.78 is 0. The molecule has 0 fully saturated rings. The highest BCUT2D eigenvalue weighted by atomic mass is 32.2. The number of carboxylic acids is 1. The highest BCUT2D eigenvalue weighted by Crippen LogP contribution is 2.16. The molecule has 72 valence electrons. The van der Waals surface area contributed by atoms with Crippen molar-refractivity contribution in [3.05, 3.63) is 0 Å². The Kier molecular flexibility index (Phi) is 7.29. The third kappa shape index (κ3) is 5.43. The first kappa shape index (κ1) is 11.8. The number of unbranched alkanes of at least 4 members (excludes halogenated alkanes) is 1. The van der Waals surface area contributed by atoms with Gasteiger partial charge in [0.2, 0.25) is 0 Å². The van der Waals surface area contributed by atoms with Gasteiger partial charge in [-0.3, -0.25) is 4.79 Å². The Balaban J connectivity index is 3.62. The molecule has 0 saturated carbocycles. The number of aliphatic hydroxyl groups is 1. The topological polar surface area (TPSA) is 57.5 Å². The van der Waals surface area contributed by atoms with Crippen LogP contribution < -0.4 is 0 Å². The van der Waals surface area contributed by atoms with Crippen molar-refractivity contribution in [2.24, 2.45) is 0 Å². The van der Waals surface area contributed by atoms with E-state index in [0.717, 1.165) is 12.8 Å². The molecule has 0 spiro atoms. The molecule has 0 aromatic heterocycles. The van der Waals surface area contributed by atoms with E-state index in [-0.39, 0.29) is 11.9 Å². The molecule has 0 bridgehead atoms. The zero-order valence-electron chi connectivity index (χ0n) is 7.32. The van der Waals surface area contributed by atoms with Gasteiger partial charge < -0.3 is 10.2 Å². The molecule has 0 aliphatic rings. The normalized spacial score (nSPS) is 12.8. The van der Waals surface area contributed by atoms with Crippen LogP contribution in [0.3, 0.4) is 0 Å². The molecular weight excluding hydrogens is 176 g/mol. The van der Waals surface area contributed by atoms with E-state index >= 15 is 0 Å². The average molecular weight is 192 g/mol. The van der Waals surface area contributed by atoms with Crippen molar-refractivity contribution in [3.8, 4) is 0 Å². The molecular formula is C8H16O3S. The summed E-state index contributed by atoms with van der Waals surface area (Å²) in [4.78, 5) is 10.6. The van der Waals surface area contributed by atoms with E-state index in [2.05, 4.69) is 0 Å². The summed E-state index contributed by atoms with van der Waals surface area (Å²) in [5.74, 6) is -0.248. The van der Waals surface area contributed by atoms with Crippen molar-refractivity contribution in [2.45, 2.75) is 31.4 Å². The van der Waals surface area contributed by atoms with Crippen molar-refractivity contribution in [1.82, 2.24) is 0 Å². The van der Waals surface area contributed by atoms with Gasteiger partial charge in [-0.05, 0) is 6.42 Å². The van der Waals surface area contributed by atoms with Crippen LogP contribution in [0.25, 0.3) is 0 Å². The molecule has 0 radical (unpaired) electrons. The van der Waals surface area contributed by atoms with Crippen LogP contribution in [0.2, 0.25) is 0 Å². The fourth-order valence-corrected chi connectivity index (χ4v) is 1.73. The monoisotopic (exact) mass is 192 g/mol. The van der Waals surface area contributed by atoms with Crippen LogP contribution in [0.4, 0.5) is 0 Å². The van der Waals surface area contributed by atoms with Gasteiger partial charge in [-0.1, -0.05) is 19.8 Å². The van der Waals surface area contributed by atoms with E-state index in [1.807, 2.05) is 6.92 Å². The Morgan fingerprint density at radius 1 is 1.58 bits per heavy atom. The summed E-state index contributed by atoms with van der Waals surface area (Å²) in [6, 6.07) is 0. The van der Waals surface area contributed by atoms with Crippen LogP contribution in [0.5, 0.6) is 0 Å². The molecule has 0 heterocycles. The minimum atomic E-state index is -0.762. The minimum absolute atomic E-state index is 0.0561. The van der Waals surface area contributed by atoms with E-state index in [1.54, 1.807) is 0 Å². The summed E-state index contributed by atoms with van der Waals surface area (Å²) in [6.45, 7) is 2.09. The Bertz CT molecular complexity index is 119. The summed E-state index contributed by atoms with van der Waals surface area (Å²) in [5.41, 5.74) is 0. The van der Waals surface area contributed by atoms with Crippen molar-refractivity contribution >= 4 is 17.7 Å². The van der Waals surface area contributed by atoms with Crippen LogP contribution in [-0.4, -0.2) is 33.8 Å². The lowest BCUT2D eigenvalue weighted by Crippen LogP contribution is -2.17. The number of aliphatic carboxylic acids is 1. The van der Waals surface area contributed by atoms with Gasteiger partial charge in [0, 0.05) is 5.75 Å². The van der Waals surface area contributed by atoms with Crippen molar-refractivity contribution in [1.29, 1.82) is 0 Å². The maximum Gasteiger partial charge on any atom is 0.316 e. The van der Waals surface area contributed by atoms with E-state index in [9.17, 15) is 4.79 Å². The highest BCUT2D eigenvalue weighted by Gasteiger charge is 2.16. The standard InChI is InChI=1S/C8H16O3S/c1-2-3-4-7(8(10)11)12-6-5-9/h7,9H,2-6H2,1H3,(H,10,11). The van der Waals surface area contributed by atoms with E-state index in [4.69, 9.17) is 10.2 Å². The van der Waals surface area contributed by atoms with Crippen LogP contribution >= 0.6 is 11.8 Å². The number of rotatable bonds is 7. The van der Waals surface area contributed by atoms with Gasteiger partial charge in [0.15, 0.2) is 0 Å². The first-order valence-electron chi connectivity index (χ1n) is 4.17. The zero-order valence-corrected chi connectivity index (χ0v) is 8.14. The lowest BCUT2D eigenvalue weighted by Gasteiger charge is -2.09. The molecule has 0 rings (SSSR count). The average Bonchev–Trinajstić information content (AvgIpc) is 2.04. The summed E-state index contributed by atoms with van der Waals surface area (Å²) in [6.07, 6.45) is 2.66. The van der Waals surface area contributed by atoms with Crippen LogP contribution in [0.1, 0.15) is 26.2 Å². The van der Waals surface area contributed by atoms with Crippen LogP contribution in [0, 0.1) is 0 Å². The second-order valence-electron chi connectivity index (χ2n) is 2.56. The highest BCUT2D eigenvalue weighted by molar-refractivity contribution is 8.00. The van der Waals surface area contributed by atoms with Gasteiger partial charge in [-0.25, -0.2) is 0 Å². The Morgan fingerprint density at radius 3 is 2.67 bits per heavy atom. The van der Waals surface area contributed by atoms with Gasteiger partial charge >= 0.3 is 5.97 Å². The predicted octanol–water partition coefficient (Wildman–Crippen LogP) is 1.36. The molecule has 3 nitrogen and oxygen atoms in total. The smallest absolute Gasteiger partial charge is 0.316 e. The first-order chi connectivity index (χ1) is 5.72. The second kappa shape index (κ2) is 7.43. The van der Waals surface area contributed by atoms with E-state index < -0.39 is 5.97 Å². The molecule has 1 atom stereocenters. The minimum Gasteiger partial charge on any atom is -0.480 e. The third-order valence-electron chi connectivity index (χ3n) is 1.51. The van der Waals surface area contributed by atoms with Crippen molar-refractivity contribution in [2.75, 3.05) is 12.4 Å². The van der Waals surface area contributed by atoms with Gasteiger partial charge in [-0.15, -0.1) is 11.8 Å². The lowest BCUT2D eigenvalue weighted by atomic mass is 10.2. The lowest BCUT2D eigenvalue weighted by molar-refractivity contribution is -0.136. The fourth-order valence-electron chi connectivity index (χ4n) is 0.863. The van der Waals surface area contributed by atoms with Crippen LogP contribution in [0.15, 0.2) is 0 Å². The molecule has 0 saturated heterocycles. The fraction of sp³-hybridized carbons (Fsp3) is 0.875. The molecule has 0 aromatic carbocycles. The molecule has 0 aliphatic heterocycles. The molecule has 0 amide bonds. The SMILES string of the molecule is CCCCC(SCCO)C(=O)O. The predicted molar refractivity (Wildman–Crippen MR) is 50.5 cm³/mol. The molecule has 12 heavy (non-hydrogen) atoms. The van der Waals surface area contributed by atoms with Crippen LogP contribution in [-0.2, 0) is 4.79 Å². The Morgan fingerprint density at radius 2 is 2.25 bits per heavy atom. The number of hydrogen-bond donors (Lipinski definition) is 2. The molecule has 1 unspecified atom stereocenters. The van der Waals surface area contributed by atoms with Gasteiger partial charge in [0.25, 0.3) is 0 Å². The largest absolute Gasteiger partial charge is 0.480 e. The quantitative estimate of drug-likeness (QED) is 0.639. The number of aliphatic hydroxyl groups excluding tert-OH is 1. The summed E-state index contributed by atoms with van der Waals surface area (Å²) >= 11 is 1.32. The Labute approximate surface area is 77.2 Å². The van der Waals surface area contributed by atoms with E-state index in [1.165, 1.54) is 11.8 Å². The first-order valence-corrected chi connectivity index (χ1v) is 5.22. The molecule has 0 aromatic rings. The maximum atomic E-state index is 10.6. The molecule has 0 aliphatic carbocycles. The van der Waals surface area contributed by atoms with Gasteiger partial charge in [0.05, 0.1) is 6.61 Å². The van der Waals surface area contributed by atoms with Crippen molar-refractivity contribution < 1.29 is 15.0 Å². The number of hydrogen-bond acceptors (Lipinski definition) is 3. The summed E-state index contributed by atoms with van der Waals surface area (Å²) in [7, 11) is 0. The second-order valence-corrected chi connectivity index (χ2v) is 3.87. The van der Waals surface area contributed by atoms with E-state index in [0.29, 0.717) is 12.2 Å². The molecule has 2 N–H and O–H groups in total. The zero-order chi connectivity index (χ0) is 9.40. The molecule has 4 heteroatoms. The van der Waals surface area contributed by atoms with Gasteiger partial charge in [-0.2, -0.15) is 0 Å². The summed E-state index contributed by atoms with van der Waals surface area (Å²) in [5, 5.41) is 16.9. The Hall–Kier alpha value is -0.220. The van der Waals surface area contributed by atoms with Crippen molar-refractivity contribution in [3.63, 3.8) is 0 Å². The number of carbonyl (C=O) groups is 1. The third-order valence-corrected chi connectivity index (χ3v) is 2.76. The van der Waals surface area contributed by atoms with Gasteiger partial charge in [0.1, 0.15) is 5.25 Å². The maximum absolute atomic E-state index is 10.6.